The van der Waals surface area contributed by atoms with Gasteiger partial charge in [-0.3, -0.25) is 0 Å². The van der Waals surface area contributed by atoms with Crippen molar-refractivity contribution < 1.29 is 4.74 Å². The molecule has 1 aromatic rings. The highest BCUT2D eigenvalue weighted by atomic mass is 16.5. The number of ether oxygens (including phenoxy) is 1. The maximum atomic E-state index is 5.51. The molecule has 0 aromatic carbocycles. The predicted octanol–water partition coefficient (Wildman–Crippen LogP) is 0.552. The molecule has 0 bridgehead atoms. The maximum Gasteiger partial charge on any atom is 0.140 e. The first kappa shape index (κ1) is 11.1. The van der Waals surface area contributed by atoms with Crippen LogP contribution in [-0.4, -0.2) is 27.5 Å². The molecule has 1 aromatic heterocycles. The molecule has 80 valence electrons. The lowest BCUT2D eigenvalue weighted by atomic mass is 10.1. The van der Waals surface area contributed by atoms with Crippen LogP contribution in [0, 0.1) is 0 Å². The van der Waals surface area contributed by atoms with Gasteiger partial charge in [0.2, 0.25) is 0 Å². The molecule has 0 spiro atoms. The van der Waals surface area contributed by atoms with Crippen molar-refractivity contribution in [3.8, 4) is 0 Å². The summed E-state index contributed by atoms with van der Waals surface area (Å²) < 4.78 is 7.14. The molecule has 14 heavy (non-hydrogen) atoms. The summed E-state index contributed by atoms with van der Waals surface area (Å²) in [6, 6.07) is 0. The highest BCUT2D eigenvalue weighted by Crippen LogP contribution is 2.13. The zero-order chi connectivity index (χ0) is 10.6. The van der Waals surface area contributed by atoms with E-state index in [0.29, 0.717) is 6.54 Å². The van der Waals surface area contributed by atoms with Crippen molar-refractivity contribution in [1.82, 2.24) is 14.8 Å². The molecule has 5 heteroatoms. The van der Waals surface area contributed by atoms with Gasteiger partial charge in [0.1, 0.15) is 12.2 Å². The van der Waals surface area contributed by atoms with Crippen LogP contribution in [0.4, 0.5) is 0 Å². The summed E-state index contributed by atoms with van der Waals surface area (Å²) in [7, 11) is 1.71. The van der Waals surface area contributed by atoms with Crippen molar-refractivity contribution in [2.24, 2.45) is 5.73 Å². The fraction of sp³-hybridized carbons (Fsp3) is 0.778. The van der Waals surface area contributed by atoms with E-state index in [0.717, 1.165) is 18.8 Å². The molecule has 0 radical (unpaired) electrons. The third kappa shape index (κ3) is 2.78. The number of nitrogens with two attached hydrogens (primary N) is 1. The van der Waals surface area contributed by atoms with Gasteiger partial charge in [-0.25, -0.2) is 9.67 Å². The molecule has 1 heterocycles. The molecule has 0 fully saturated rings. The van der Waals surface area contributed by atoms with Crippen LogP contribution >= 0.6 is 0 Å². The summed E-state index contributed by atoms with van der Waals surface area (Å²) in [6.07, 6.45) is 2.42. The Labute approximate surface area is 84.3 Å². The molecule has 0 saturated carbocycles. The van der Waals surface area contributed by atoms with Gasteiger partial charge in [0.05, 0.1) is 12.1 Å². The molecule has 0 unspecified atom stereocenters. The van der Waals surface area contributed by atoms with E-state index in [1.165, 1.54) is 6.33 Å². The predicted molar refractivity (Wildman–Crippen MR) is 53.6 cm³/mol. The van der Waals surface area contributed by atoms with Crippen LogP contribution < -0.4 is 5.73 Å². The highest BCUT2D eigenvalue weighted by molar-refractivity contribution is 4.83. The van der Waals surface area contributed by atoms with Crippen molar-refractivity contribution >= 4 is 0 Å². The Morgan fingerprint density at radius 2 is 2.29 bits per heavy atom. The monoisotopic (exact) mass is 198 g/mol. The Morgan fingerprint density at radius 1 is 1.57 bits per heavy atom. The molecular formula is C9H18N4O. The van der Waals surface area contributed by atoms with Crippen LogP contribution in [0.1, 0.15) is 26.1 Å². The van der Waals surface area contributed by atoms with Crippen molar-refractivity contribution in [2.75, 3.05) is 7.11 Å². The average Bonchev–Trinajstić information content (AvgIpc) is 2.62. The molecule has 2 N–H and O–H groups in total. The lowest BCUT2D eigenvalue weighted by Gasteiger charge is -2.22. The number of methoxy groups -OCH3 is 1. The van der Waals surface area contributed by atoms with Gasteiger partial charge in [-0.2, -0.15) is 5.10 Å². The normalized spacial score (nSPS) is 12.0. The first-order valence-corrected chi connectivity index (χ1v) is 4.71. The van der Waals surface area contributed by atoms with Gasteiger partial charge in [-0.15, -0.1) is 0 Å². The SMILES string of the molecule is COC(C)(C)CCn1ncnc1CN. The molecule has 0 saturated heterocycles. The van der Waals surface area contributed by atoms with E-state index in [1.807, 2.05) is 18.5 Å². The molecule has 0 aliphatic heterocycles. The van der Waals surface area contributed by atoms with Crippen molar-refractivity contribution in [1.29, 1.82) is 0 Å². The number of hydrogen-bond acceptors (Lipinski definition) is 4. The second-order valence-corrected chi connectivity index (χ2v) is 3.82. The molecular weight excluding hydrogens is 180 g/mol. The Hall–Kier alpha value is -0.940. The lowest BCUT2D eigenvalue weighted by Crippen LogP contribution is -2.25. The van der Waals surface area contributed by atoms with E-state index in [1.54, 1.807) is 7.11 Å². The fourth-order valence-electron chi connectivity index (χ4n) is 1.11. The number of aryl methyl sites for hydroxylation is 1. The number of rotatable bonds is 5. The standard InChI is InChI=1S/C9H18N4O/c1-9(2,14-3)4-5-13-8(6-10)11-7-12-13/h7H,4-6,10H2,1-3H3. The van der Waals surface area contributed by atoms with Gasteiger partial charge >= 0.3 is 0 Å². The number of aromatic nitrogens is 3. The minimum absolute atomic E-state index is 0.127. The Balaban J connectivity index is 2.53. The van der Waals surface area contributed by atoms with E-state index in [-0.39, 0.29) is 5.60 Å². The topological polar surface area (TPSA) is 66.0 Å². The summed E-state index contributed by atoms with van der Waals surface area (Å²) >= 11 is 0. The summed E-state index contributed by atoms with van der Waals surface area (Å²) in [4.78, 5) is 4.05. The van der Waals surface area contributed by atoms with Gasteiger partial charge in [0.25, 0.3) is 0 Å². The highest BCUT2D eigenvalue weighted by Gasteiger charge is 2.16. The zero-order valence-corrected chi connectivity index (χ0v) is 9.03. The summed E-state index contributed by atoms with van der Waals surface area (Å²) in [5, 5.41) is 4.09. The average molecular weight is 198 g/mol. The number of nitrogens with zero attached hydrogens (tertiary/aromatic N) is 3. The Kier molecular flexibility index (Phi) is 3.60. The summed E-state index contributed by atoms with van der Waals surface area (Å²) in [5.41, 5.74) is 5.39. The first-order valence-electron chi connectivity index (χ1n) is 4.71. The van der Waals surface area contributed by atoms with Crippen LogP contribution in [0.25, 0.3) is 0 Å². The molecule has 0 aliphatic rings. The van der Waals surface area contributed by atoms with Crippen LogP contribution in [0.15, 0.2) is 6.33 Å². The second kappa shape index (κ2) is 4.52. The maximum absolute atomic E-state index is 5.51. The zero-order valence-electron chi connectivity index (χ0n) is 9.03. The van der Waals surface area contributed by atoms with Crippen LogP contribution in [-0.2, 0) is 17.8 Å². The van der Waals surface area contributed by atoms with Crippen LogP contribution in [0.5, 0.6) is 0 Å². The lowest BCUT2D eigenvalue weighted by molar-refractivity contribution is 0.0111. The second-order valence-electron chi connectivity index (χ2n) is 3.82. The largest absolute Gasteiger partial charge is 0.379 e. The third-order valence-electron chi connectivity index (χ3n) is 2.36. The summed E-state index contributed by atoms with van der Waals surface area (Å²) in [5.74, 6) is 0.817. The molecule has 1 rings (SSSR count). The van der Waals surface area contributed by atoms with E-state index < -0.39 is 0 Å². The molecule has 5 nitrogen and oxygen atoms in total. The van der Waals surface area contributed by atoms with Gasteiger partial charge in [-0.05, 0) is 20.3 Å². The third-order valence-corrected chi connectivity index (χ3v) is 2.36. The van der Waals surface area contributed by atoms with E-state index >= 15 is 0 Å². The Morgan fingerprint density at radius 3 is 2.86 bits per heavy atom. The fourth-order valence-corrected chi connectivity index (χ4v) is 1.11. The van der Waals surface area contributed by atoms with Crippen LogP contribution in [0.3, 0.4) is 0 Å². The van der Waals surface area contributed by atoms with Crippen molar-refractivity contribution in [3.05, 3.63) is 12.2 Å². The van der Waals surface area contributed by atoms with E-state index in [2.05, 4.69) is 10.1 Å². The Bertz CT molecular complexity index is 282. The van der Waals surface area contributed by atoms with Crippen molar-refractivity contribution in [3.63, 3.8) is 0 Å². The first-order chi connectivity index (χ1) is 6.59. The molecule has 0 aliphatic carbocycles. The van der Waals surface area contributed by atoms with Gasteiger partial charge < -0.3 is 10.5 Å². The molecule has 0 amide bonds. The van der Waals surface area contributed by atoms with Crippen molar-refractivity contribution in [2.45, 2.75) is 39.0 Å². The van der Waals surface area contributed by atoms with E-state index in [9.17, 15) is 0 Å². The minimum Gasteiger partial charge on any atom is -0.379 e. The molecule has 0 atom stereocenters. The quantitative estimate of drug-likeness (QED) is 0.750. The van der Waals surface area contributed by atoms with Gasteiger partial charge in [-0.1, -0.05) is 0 Å². The minimum atomic E-state index is -0.127. The smallest absolute Gasteiger partial charge is 0.140 e. The van der Waals surface area contributed by atoms with E-state index in [4.69, 9.17) is 10.5 Å². The van der Waals surface area contributed by atoms with Gasteiger partial charge in [0, 0.05) is 13.7 Å². The van der Waals surface area contributed by atoms with Crippen LogP contribution in [0.2, 0.25) is 0 Å². The number of hydrogen-bond donors (Lipinski definition) is 1. The summed E-state index contributed by atoms with van der Waals surface area (Å²) in [6.45, 7) is 5.30. The van der Waals surface area contributed by atoms with Gasteiger partial charge in [0.15, 0.2) is 0 Å².